The first-order valence-electron chi connectivity index (χ1n) is 8.54. The molecular weight excluding hydrogens is 402 g/mol. The lowest BCUT2D eigenvalue weighted by atomic mass is 10.3. The standard InChI is InChI=1S/C18H19N3O7S/c1-27-13-6-3-11(4-7-13)20-29(25,26)17-9-12(5-8-16(17)28-2)19-18(22)14-10-15(14)21(23)24/h3-9,14-15,20H,10H2,1-2H3,(H,19,22)/t14-,15+/m1/s1. The van der Waals surface area contributed by atoms with E-state index in [1.165, 1.54) is 32.4 Å². The van der Waals surface area contributed by atoms with Gasteiger partial charge in [0.15, 0.2) is 0 Å². The van der Waals surface area contributed by atoms with Crippen LogP contribution in [0.15, 0.2) is 47.4 Å². The summed E-state index contributed by atoms with van der Waals surface area (Å²) in [6.45, 7) is 0. The Bertz CT molecular complexity index is 1040. The zero-order valence-corrected chi connectivity index (χ0v) is 16.4. The van der Waals surface area contributed by atoms with Gasteiger partial charge in [0.2, 0.25) is 11.9 Å². The maximum atomic E-state index is 12.8. The van der Waals surface area contributed by atoms with Gasteiger partial charge in [-0.3, -0.25) is 19.6 Å². The van der Waals surface area contributed by atoms with E-state index in [0.29, 0.717) is 11.4 Å². The summed E-state index contributed by atoms with van der Waals surface area (Å²) in [5, 5.41) is 13.2. The number of nitrogens with one attached hydrogen (secondary N) is 2. The highest BCUT2D eigenvalue weighted by Gasteiger charge is 2.53. The predicted molar refractivity (Wildman–Crippen MR) is 104 cm³/mol. The van der Waals surface area contributed by atoms with E-state index in [0.717, 1.165) is 0 Å². The second-order valence-corrected chi connectivity index (χ2v) is 8.03. The number of methoxy groups -OCH3 is 2. The molecule has 0 unspecified atom stereocenters. The molecule has 1 amide bonds. The molecule has 29 heavy (non-hydrogen) atoms. The van der Waals surface area contributed by atoms with Crippen LogP contribution in [0.3, 0.4) is 0 Å². The van der Waals surface area contributed by atoms with E-state index in [-0.39, 0.29) is 22.8 Å². The number of carbonyl (C=O) groups excluding carboxylic acids is 1. The van der Waals surface area contributed by atoms with Crippen molar-refractivity contribution in [3.63, 3.8) is 0 Å². The lowest BCUT2D eigenvalue weighted by molar-refractivity contribution is -0.497. The van der Waals surface area contributed by atoms with Gasteiger partial charge in [0.1, 0.15) is 22.3 Å². The summed E-state index contributed by atoms with van der Waals surface area (Å²) in [4.78, 5) is 22.2. The van der Waals surface area contributed by atoms with Crippen LogP contribution in [0.25, 0.3) is 0 Å². The number of hydrogen-bond acceptors (Lipinski definition) is 7. The van der Waals surface area contributed by atoms with E-state index < -0.39 is 32.8 Å². The molecule has 0 radical (unpaired) electrons. The van der Waals surface area contributed by atoms with Crippen LogP contribution in [-0.4, -0.2) is 39.5 Å². The zero-order chi connectivity index (χ0) is 21.2. The molecule has 154 valence electrons. The SMILES string of the molecule is COc1ccc(NS(=O)(=O)c2cc(NC(=O)[C@@H]3C[C@@H]3[N+](=O)[O-])ccc2OC)cc1. The van der Waals surface area contributed by atoms with Gasteiger partial charge in [-0.25, -0.2) is 8.42 Å². The topological polar surface area (TPSA) is 137 Å². The first-order chi connectivity index (χ1) is 13.7. The van der Waals surface area contributed by atoms with Gasteiger partial charge in [0, 0.05) is 22.7 Å². The fourth-order valence-corrected chi connectivity index (χ4v) is 4.02. The molecular formula is C18H19N3O7S. The molecule has 1 fully saturated rings. The lowest BCUT2D eigenvalue weighted by Gasteiger charge is -2.14. The number of benzene rings is 2. The van der Waals surface area contributed by atoms with Crippen LogP contribution in [-0.2, 0) is 14.8 Å². The Morgan fingerprint density at radius 3 is 2.31 bits per heavy atom. The smallest absolute Gasteiger partial charge is 0.265 e. The summed E-state index contributed by atoms with van der Waals surface area (Å²) >= 11 is 0. The van der Waals surface area contributed by atoms with Crippen molar-refractivity contribution in [3.8, 4) is 11.5 Å². The lowest BCUT2D eigenvalue weighted by Crippen LogP contribution is -2.19. The summed E-state index contributed by atoms with van der Waals surface area (Å²) in [5.41, 5.74) is 0.508. The summed E-state index contributed by atoms with van der Waals surface area (Å²) in [5.74, 6) is -0.588. The molecule has 0 aliphatic heterocycles. The number of rotatable bonds is 8. The van der Waals surface area contributed by atoms with E-state index in [1.807, 2.05) is 0 Å². The Balaban J connectivity index is 1.82. The average molecular weight is 421 g/mol. The number of sulfonamides is 1. The van der Waals surface area contributed by atoms with Gasteiger partial charge < -0.3 is 14.8 Å². The molecule has 3 rings (SSSR count). The number of amides is 1. The first kappa shape index (κ1) is 20.4. The summed E-state index contributed by atoms with van der Waals surface area (Å²) < 4.78 is 38.3. The van der Waals surface area contributed by atoms with Crippen molar-refractivity contribution in [3.05, 3.63) is 52.6 Å². The Labute approximate surface area is 167 Å². The van der Waals surface area contributed by atoms with Crippen LogP contribution >= 0.6 is 0 Å². The third-order valence-corrected chi connectivity index (χ3v) is 5.83. The molecule has 10 nitrogen and oxygen atoms in total. The molecule has 11 heteroatoms. The molecule has 0 saturated heterocycles. The maximum absolute atomic E-state index is 12.8. The van der Waals surface area contributed by atoms with Crippen LogP contribution < -0.4 is 19.5 Å². The Hall–Kier alpha value is -3.34. The average Bonchev–Trinajstić information content (AvgIpc) is 3.49. The summed E-state index contributed by atoms with van der Waals surface area (Å²) in [6, 6.07) is 9.50. The van der Waals surface area contributed by atoms with Gasteiger partial charge in [-0.05, 0) is 42.5 Å². The number of nitrogens with zero attached hydrogens (tertiary/aromatic N) is 1. The Kier molecular flexibility index (Phi) is 5.59. The number of hydrogen-bond donors (Lipinski definition) is 2. The number of nitro groups is 1. The molecule has 1 aliphatic carbocycles. The van der Waals surface area contributed by atoms with Gasteiger partial charge in [0.05, 0.1) is 14.2 Å². The third-order valence-electron chi connectivity index (χ3n) is 4.43. The van der Waals surface area contributed by atoms with Crippen molar-refractivity contribution < 1.29 is 27.6 Å². The number of anilines is 2. The van der Waals surface area contributed by atoms with Crippen LogP contribution in [0.5, 0.6) is 11.5 Å². The van der Waals surface area contributed by atoms with Crippen molar-refractivity contribution in [2.45, 2.75) is 17.4 Å². The number of ether oxygens (including phenoxy) is 2. The van der Waals surface area contributed by atoms with Crippen molar-refractivity contribution in [1.82, 2.24) is 0 Å². The molecule has 0 heterocycles. The van der Waals surface area contributed by atoms with Gasteiger partial charge in [0.25, 0.3) is 10.0 Å². The van der Waals surface area contributed by atoms with Gasteiger partial charge in [-0.2, -0.15) is 0 Å². The van der Waals surface area contributed by atoms with Crippen LogP contribution in [0, 0.1) is 16.0 Å². The zero-order valence-electron chi connectivity index (χ0n) is 15.6. The highest BCUT2D eigenvalue weighted by Crippen LogP contribution is 2.35. The summed E-state index contributed by atoms with van der Waals surface area (Å²) in [7, 11) is -1.21. The monoisotopic (exact) mass is 421 g/mol. The molecule has 2 atom stereocenters. The van der Waals surface area contributed by atoms with E-state index in [9.17, 15) is 23.3 Å². The van der Waals surface area contributed by atoms with Crippen molar-refractivity contribution in [2.24, 2.45) is 5.92 Å². The van der Waals surface area contributed by atoms with Crippen molar-refractivity contribution in [1.29, 1.82) is 0 Å². The second kappa shape index (κ2) is 7.95. The summed E-state index contributed by atoms with van der Waals surface area (Å²) in [6.07, 6.45) is 0.166. The molecule has 2 aromatic carbocycles. The van der Waals surface area contributed by atoms with E-state index in [4.69, 9.17) is 9.47 Å². The minimum atomic E-state index is -4.04. The Morgan fingerprint density at radius 1 is 1.10 bits per heavy atom. The normalized spacial score (nSPS) is 17.9. The first-order valence-corrected chi connectivity index (χ1v) is 10.0. The fourth-order valence-electron chi connectivity index (χ4n) is 2.76. The Morgan fingerprint density at radius 2 is 1.76 bits per heavy atom. The minimum absolute atomic E-state index is 0.0820. The van der Waals surface area contributed by atoms with Crippen molar-refractivity contribution in [2.75, 3.05) is 24.3 Å². The van der Waals surface area contributed by atoms with E-state index >= 15 is 0 Å². The molecule has 0 aromatic heterocycles. The van der Waals surface area contributed by atoms with Gasteiger partial charge in [-0.1, -0.05) is 0 Å². The highest BCUT2D eigenvalue weighted by atomic mass is 32.2. The molecule has 0 bridgehead atoms. The molecule has 2 aromatic rings. The largest absolute Gasteiger partial charge is 0.497 e. The van der Waals surface area contributed by atoms with E-state index in [1.54, 1.807) is 24.3 Å². The van der Waals surface area contributed by atoms with Crippen LogP contribution in [0.2, 0.25) is 0 Å². The maximum Gasteiger partial charge on any atom is 0.265 e. The van der Waals surface area contributed by atoms with Gasteiger partial charge in [-0.15, -0.1) is 0 Å². The van der Waals surface area contributed by atoms with Gasteiger partial charge >= 0.3 is 0 Å². The van der Waals surface area contributed by atoms with Crippen LogP contribution in [0.1, 0.15) is 6.42 Å². The third kappa shape index (κ3) is 4.57. The fraction of sp³-hybridized carbons (Fsp3) is 0.278. The highest BCUT2D eigenvalue weighted by molar-refractivity contribution is 7.92. The minimum Gasteiger partial charge on any atom is -0.497 e. The number of carbonyl (C=O) groups is 1. The molecule has 1 aliphatic rings. The molecule has 0 spiro atoms. The predicted octanol–water partition coefficient (Wildman–Crippen LogP) is 2.11. The molecule has 2 N–H and O–H groups in total. The van der Waals surface area contributed by atoms with E-state index in [2.05, 4.69) is 10.0 Å². The van der Waals surface area contributed by atoms with Crippen LogP contribution in [0.4, 0.5) is 11.4 Å². The quantitative estimate of drug-likeness (QED) is 0.492. The molecule has 1 saturated carbocycles. The van der Waals surface area contributed by atoms with Crippen molar-refractivity contribution >= 4 is 27.3 Å². The second-order valence-electron chi connectivity index (χ2n) is 6.38.